The predicted octanol–water partition coefficient (Wildman–Crippen LogP) is 3.64. The van der Waals surface area contributed by atoms with Crippen molar-refractivity contribution in [3.63, 3.8) is 0 Å². The minimum Gasteiger partial charge on any atom is -0.312 e. The Bertz CT molecular complexity index is 898. The van der Waals surface area contributed by atoms with Gasteiger partial charge in [-0.3, -0.25) is 9.78 Å². The van der Waals surface area contributed by atoms with E-state index < -0.39 is 0 Å². The summed E-state index contributed by atoms with van der Waals surface area (Å²) in [4.78, 5) is 18.3. The number of rotatable bonds is 7. The van der Waals surface area contributed by atoms with Crippen molar-refractivity contribution in [3.05, 3.63) is 54.6 Å². The molecule has 0 fully saturated rings. The van der Waals surface area contributed by atoms with E-state index in [4.69, 9.17) is 0 Å². The molecule has 0 unspecified atom stereocenters. The maximum atomic E-state index is 13.1. The fraction of sp³-hybridized carbons (Fsp3) is 0.263. The normalized spacial score (nSPS) is 10.8. The van der Waals surface area contributed by atoms with Crippen LogP contribution >= 0.6 is 11.8 Å². The van der Waals surface area contributed by atoms with E-state index in [0.717, 1.165) is 11.4 Å². The third-order valence-corrected chi connectivity index (χ3v) is 5.00. The fourth-order valence-electron chi connectivity index (χ4n) is 2.72. The van der Waals surface area contributed by atoms with Gasteiger partial charge in [-0.2, -0.15) is 0 Å². The number of anilines is 1. The quantitative estimate of drug-likeness (QED) is 0.581. The first kappa shape index (κ1) is 19.0. The van der Waals surface area contributed by atoms with Crippen LogP contribution in [0.25, 0.3) is 11.4 Å². The van der Waals surface area contributed by atoms with E-state index in [0.29, 0.717) is 23.9 Å². The molecule has 0 N–H and O–H groups in total. The molecule has 1 aromatic carbocycles. The van der Waals surface area contributed by atoms with Gasteiger partial charge < -0.3 is 9.47 Å². The molecule has 0 aliphatic carbocycles. The Morgan fingerprint density at radius 1 is 1.11 bits per heavy atom. The predicted molar refractivity (Wildman–Crippen MR) is 104 cm³/mol. The average Bonchev–Trinajstić information content (AvgIpc) is 3.12. The van der Waals surface area contributed by atoms with Crippen molar-refractivity contribution in [2.75, 3.05) is 17.2 Å². The molecule has 3 rings (SSSR count). The van der Waals surface area contributed by atoms with E-state index in [-0.39, 0.29) is 17.5 Å². The summed E-state index contributed by atoms with van der Waals surface area (Å²) in [6, 6.07) is 9.68. The van der Waals surface area contributed by atoms with Crippen LogP contribution in [0.5, 0.6) is 0 Å². The Morgan fingerprint density at radius 3 is 2.44 bits per heavy atom. The zero-order chi connectivity index (χ0) is 19.2. The van der Waals surface area contributed by atoms with E-state index >= 15 is 0 Å². The summed E-state index contributed by atoms with van der Waals surface area (Å²) in [6.07, 6.45) is 3.42. The van der Waals surface area contributed by atoms with E-state index in [1.54, 1.807) is 29.4 Å². The van der Waals surface area contributed by atoms with Crippen LogP contribution < -0.4 is 4.90 Å². The lowest BCUT2D eigenvalue weighted by Gasteiger charge is -2.20. The molecule has 0 bridgehead atoms. The molecule has 2 heterocycles. The van der Waals surface area contributed by atoms with Crippen LogP contribution in [0, 0.1) is 5.82 Å². The Morgan fingerprint density at radius 2 is 1.81 bits per heavy atom. The van der Waals surface area contributed by atoms with Crippen molar-refractivity contribution in [1.29, 1.82) is 0 Å². The molecule has 3 aromatic rings. The van der Waals surface area contributed by atoms with E-state index in [9.17, 15) is 9.18 Å². The maximum absolute atomic E-state index is 13.1. The van der Waals surface area contributed by atoms with E-state index in [2.05, 4.69) is 15.2 Å². The molecule has 0 saturated carbocycles. The Balaban J connectivity index is 1.73. The first-order valence-corrected chi connectivity index (χ1v) is 9.65. The van der Waals surface area contributed by atoms with Crippen LogP contribution in [0.3, 0.4) is 0 Å². The number of aromatic nitrogens is 4. The highest BCUT2D eigenvalue weighted by Crippen LogP contribution is 2.24. The molecule has 0 saturated heterocycles. The molecule has 8 heteroatoms. The molecule has 0 aliphatic rings. The molecule has 140 valence electrons. The molecular weight excluding hydrogens is 365 g/mol. The van der Waals surface area contributed by atoms with Crippen molar-refractivity contribution in [2.45, 2.75) is 25.5 Å². The summed E-state index contributed by atoms with van der Waals surface area (Å²) >= 11 is 1.35. The number of hydrogen-bond donors (Lipinski definition) is 0. The number of carbonyl (C=O) groups is 1. The highest BCUT2D eigenvalue weighted by molar-refractivity contribution is 7.99. The number of nitrogens with zero attached hydrogens (tertiary/aromatic N) is 5. The first-order valence-electron chi connectivity index (χ1n) is 8.66. The van der Waals surface area contributed by atoms with Gasteiger partial charge in [0.25, 0.3) is 0 Å². The molecule has 1 amide bonds. The lowest BCUT2D eigenvalue weighted by atomic mass is 10.2. The SMILES string of the molecule is CCN(C(=O)CSc1nnc(-c2ccncc2)n1CC)c1ccc(F)cc1. The standard InChI is InChI=1S/C19H20FN5OS/c1-3-24(16-7-5-15(20)6-8-16)17(26)13-27-19-23-22-18(25(19)4-2)14-9-11-21-12-10-14/h5-12H,3-4,13H2,1-2H3. The van der Waals surface area contributed by atoms with Crippen molar-refractivity contribution < 1.29 is 9.18 Å². The number of amides is 1. The van der Waals surface area contributed by atoms with Gasteiger partial charge in [-0.05, 0) is 50.2 Å². The zero-order valence-electron chi connectivity index (χ0n) is 15.2. The van der Waals surface area contributed by atoms with Gasteiger partial charge in [0.1, 0.15) is 5.82 Å². The highest BCUT2D eigenvalue weighted by atomic mass is 32.2. The van der Waals surface area contributed by atoms with Crippen LogP contribution in [0.1, 0.15) is 13.8 Å². The Labute approximate surface area is 161 Å². The fourth-order valence-corrected chi connectivity index (χ4v) is 3.60. The lowest BCUT2D eigenvalue weighted by Crippen LogP contribution is -2.32. The minimum absolute atomic E-state index is 0.0646. The lowest BCUT2D eigenvalue weighted by molar-refractivity contribution is -0.116. The maximum Gasteiger partial charge on any atom is 0.237 e. The van der Waals surface area contributed by atoms with Crippen LogP contribution in [0.4, 0.5) is 10.1 Å². The van der Waals surface area contributed by atoms with Gasteiger partial charge in [-0.1, -0.05) is 11.8 Å². The summed E-state index contributed by atoms with van der Waals surface area (Å²) in [6.45, 7) is 5.10. The van der Waals surface area contributed by atoms with Gasteiger partial charge in [0.05, 0.1) is 5.75 Å². The van der Waals surface area contributed by atoms with Crippen molar-refractivity contribution >= 4 is 23.4 Å². The van der Waals surface area contributed by atoms with Crippen LogP contribution in [-0.4, -0.2) is 38.0 Å². The Kier molecular flexibility index (Phi) is 6.18. The van der Waals surface area contributed by atoms with Gasteiger partial charge in [0.2, 0.25) is 5.91 Å². The molecule has 0 radical (unpaired) electrons. The largest absolute Gasteiger partial charge is 0.312 e. The molecular formula is C19H20FN5OS. The first-order chi connectivity index (χ1) is 13.1. The Hall–Kier alpha value is -2.74. The second-order valence-electron chi connectivity index (χ2n) is 5.69. The molecule has 0 atom stereocenters. The molecule has 0 aliphatic heterocycles. The highest BCUT2D eigenvalue weighted by Gasteiger charge is 2.18. The number of thioether (sulfide) groups is 1. The summed E-state index contributed by atoms with van der Waals surface area (Å²) < 4.78 is 15.1. The van der Waals surface area contributed by atoms with Gasteiger partial charge in [-0.25, -0.2) is 4.39 Å². The summed E-state index contributed by atoms with van der Waals surface area (Å²) in [7, 11) is 0. The van der Waals surface area contributed by atoms with Crippen molar-refractivity contribution in [3.8, 4) is 11.4 Å². The van der Waals surface area contributed by atoms with Crippen LogP contribution in [0.2, 0.25) is 0 Å². The second kappa shape index (κ2) is 8.77. The topological polar surface area (TPSA) is 63.9 Å². The summed E-state index contributed by atoms with van der Waals surface area (Å²) in [5, 5.41) is 9.19. The van der Waals surface area contributed by atoms with Crippen LogP contribution in [0.15, 0.2) is 53.9 Å². The number of hydrogen-bond acceptors (Lipinski definition) is 5. The second-order valence-corrected chi connectivity index (χ2v) is 6.63. The molecule has 2 aromatic heterocycles. The number of halogens is 1. The number of benzene rings is 1. The van der Waals surface area contributed by atoms with Gasteiger partial charge >= 0.3 is 0 Å². The van der Waals surface area contributed by atoms with Crippen molar-refractivity contribution in [2.24, 2.45) is 0 Å². The third kappa shape index (κ3) is 4.33. The summed E-state index contributed by atoms with van der Waals surface area (Å²) in [5.41, 5.74) is 1.61. The van der Waals surface area contributed by atoms with Gasteiger partial charge in [0, 0.05) is 36.7 Å². The third-order valence-electron chi connectivity index (χ3n) is 4.05. The minimum atomic E-state index is -0.323. The zero-order valence-corrected chi connectivity index (χ0v) is 16.0. The van der Waals surface area contributed by atoms with Crippen molar-refractivity contribution in [1.82, 2.24) is 19.7 Å². The van der Waals surface area contributed by atoms with E-state index in [1.807, 2.05) is 30.5 Å². The number of pyridine rings is 1. The molecule has 27 heavy (non-hydrogen) atoms. The monoisotopic (exact) mass is 385 g/mol. The van der Waals surface area contributed by atoms with E-state index in [1.165, 1.54) is 23.9 Å². The molecule has 6 nitrogen and oxygen atoms in total. The van der Waals surface area contributed by atoms with Crippen LogP contribution in [-0.2, 0) is 11.3 Å². The summed E-state index contributed by atoms with van der Waals surface area (Å²) in [5.74, 6) is 0.585. The van der Waals surface area contributed by atoms with Gasteiger partial charge in [-0.15, -0.1) is 10.2 Å². The molecule has 0 spiro atoms. The average molecular weight is 385 g/mol. The number of carbonyl (C=O) groups excluding carboxylic acids is 1. The van der Waals surface area contributed by atoms with Gasteiger partial charge in [0.15, 0.2) is 11.0 Å². The smallest absolute Gasteiger partial charge is 0.237 e.